The third kappa shape index (κ3) is 3.75. The Kier molecular flexibility index (Phi) is 5.05. The number of benzene rings is 2. The smallest absolute Gasteiger partial charge is 0.416 e. The maximum atomic E-state index is 13.3. The lowest BCUT2D eigenvalue weighted by atomic mass is 10.1. The molecule has 34 heavy (non-hydrogen) atoms. The Bertz CT molecular complexity index is 1390. The van der Waals surface area contributed by atoms with Crippen molar-refractivity contribution in [2.75, 3.05) is 12.4 Å². The van der Waals surface area contributed by atoms with Crippen molar-refractivity contribution in [3.63, 3.8) is 0 Å². The van der Waals surface area contributed by atoms with Crippen LogP contribution in [0.2, 0.25) is 0 Å². The zero-order valence-corrected chi connectivity index (χ0v) is 18.2. The van der Waals surface area contributed by atoms with E-state index in [1.165, 1.54) is 18.5 Å². The number of quaternary nitrogens is 1. The molecule has 3 aromatic rings. The molecule has 3 heterocycles. The fourth-order valence-electron chi connectivity index (χ4n) is 3.75. The molecule has 0 radical (unpaired) electrons. The number of methoxy groups -OCH3 is 1. The first-order valence-corrected chi connectivity index (χ1v) is 10.2. The SMILES string of the molecule is COc1cc(NC2=N[N+]3(c4cccc(C(F)(F)F)c4)C=CN=CC3=N2)ccc1-n1cnc(C)c1. The van der Waals surface area contributed by atoms with Gasteiger partial charge in [-0.1, -0.05) is 10.7 Å². The van der Waals surface area contributed by atoms with Crippen molar-refractivity contribution in [1.82, 2.24) is 14.1 Å². The van der Waals surface area contributed by atoms with Crippen LogP contribution in [0.25, 0.3) is 5.69 Å². The molecule has 0 fully saturated rings. The molecule has 11 heteroatoms. The van der Waals surface area contributed by atoms with Crippen molar-refractivity contribution >= 4 is 29.4 Å². The lowest BCUT2D eigenvalue weighted by Gasteiger charge is -2.24. The van der Waals surface area contributed by atoms with E-state index >= 15 is 0 Å². The minimum atomic E-state index is -4.48. The summed E-state index contributed by atoms with van der Waals surface area (Å²) < 4.78 is 47.0. The van der Waals surface area contributed by atoms with Gasteiger partial charge in [0.25, 0.3) is 11.8 Å². The van der Waals surface area contributed by atoms with Crippen molar-refractivity contribution in [3.05, 3.63) is 78.6 Å². The Hall–Kier alpha value is -4.25. The number of amidine groups is 1. The van der Waals surface area contributed by atoms with Crippen molar-refractivity contribution in [2.24, 2.45) is 15.1 Å². The molecule has 5 rings (SSSR count). The van der Waals surface area contributed by atoms with Crippen molar-refractivity contribution in [3.8, 4) is 11.4 Å². The van der Waals surface area contributed by atoms with E-state index < -0.39 is 11.7 Å². The molecular formula is C23H19F3N7O+. The number of aromatic nitrogens is 2. The van der Waals surface area contributed by atoms with Crippen LogP contribution < -0.4 is 14.6 Å². The first-order chi connectivity index (χ1) is 16.3. The second kappa shape index (κ2) is 7.96. The number of nitrogens with zero attached hydrogens (tertiary/aromatic N) is 6. The minimum Gasteiger partial charge on any atom is -0.494 e. The van der Waals surface area contributed by atoms with Crippen LogP contribution in [-0.4, -0.2) is 34.7 Å². The summed E-state index contributed by atoms with van der Waals surface area (Å²) in [4.78, 5) is 12.8. The number of hydrogen-bond donors (Lipinski definition) is 1. The molecule has 2 aromatic carbocycles. The lowest BCUT2D eigenvalue weighted by Crippen LogP contribution is -2.44. The van der Waals surface area contributed by atoms with Gasteiger partial charge in [0.15, 0.2) is 11.9 Å². The van der Waals surface area contributed by atoms with E-state index in [-0.39, 0.29) is 16.2 Å². The molecule has 2 aliphatic heterocycles. The molecule has 2 aliphatic rings. The Labute approximate surface area is 192 Å². The highest BCUT2D eigenvalue weighted by Crippen LogP contribution is 2.37. The summed E-state index contributed by atoms with van der Waals surface area (Å²) in [6.45, 7) is 1.89. The van der Waals surface area contributed by atoms with Gasteiger partial charge in [-0.25, -0.2) is 4.98 Å². The summed E-state index contributed by atoms with van der Waals surface area (Å²) in [7, 11) is 1.56. The average molecular weight is 466 g/mol. The van der Waals surface area contributed by atoms with Crippen LogP contribution >= 0.6 is 0 Å². The highest BCUT2D eigenvalue weighted by Gasteiger charge is 2.44. The number of guanidine groups is 1. The van der Waals surface area contributed by atoms with Gasteiger partial charge in [0.05, 0.1) is 36.6 Å². The predicted octanol–water partition coefficient (Wildman–Crippen LogP) is 4.87. The number of imidazole rings is 1. The summed E-state index contributed by atoms with van der Waals surface area (Å²) in [5, 5.41) is 7.73. The topological polar surface area (TPSA) is 76.2 Å². The molecule has 8 nitrogen and oxygen atoms in total. The Morgan fingerprint density at radius 2 is 1.97 bits per heavy atom. The average Bonchev–Trinajstić information content (AvgIpc) is 3.42. The number of aliphatic imine (C=N–C) groups is 2. The van der Waals surface area contributed by atoms with Crippen LogP contribution in [0.4, 0.5) is 24.5 Å². The lowest BCUT2D eigenvalue weighted by molar-refractivity contribution is -0.137. The normalized spacial score (nSPS) is 19.0. The van der Waals surface area contributed by atoms with Crippen molar-refractivity contribution in [1.29, 1.82) is 0 Å². The Morgan fingerprint density at radius 3 is 2.71 bits per heavy atom. The Morgan fingerprint density at radius 1 is 1.12 bits per heavy atom. The zero-order chi connectivity index (χ0) is 23.9. The molecule has 0 amide bonds. The van der Waals surface area contributed by atoms with E-state index in [2.05, 4.69) is 25.4 Å². The van der Waals surface area contributed by atoms with Gasteiger partial charge in [-0.3, -0.25) is 4.99 Å². The van der Waals surface area contributed by atoms with Gasteiger partial charge in [0.1, 0.15) is 12.0 Å². The number of hydrogen-bond acceptors (Lipinski definition) is 6. The van der Waals surface area contributed by atoms with Gasteiger partial charge < -0.3 is 14.6 Å². The quantitative estimate of drug-likeness (QED) is 0.558. The molecular weight excluding hydrogens is 447 g/mol. The van der Waals surface area contributed by atoms with Crippen LogP contribution in [0.5, 0.6) is 5.75 Å². The van der Waals surface area contributed by atoms with Gasteiger partial charge in [0, 0.05) is 30.1 Å². The zero-order valence-electron chi connectivity index (χ0n) is 18.2. The second-order valence-electron chi connectivity index (χ2n) is 7.64. The Balaban J connectivity index is 1.50. The monoisotopic (exact) mass is 466 g/mol. The summed E-state index contributed by atoms with van der Waals surface area (Å²) in [6, 6.07) is 10.5. The highest BCUT2D eigenvalue weighted by molar-refractivity contribution is 6.38. The van der Waals surface area contributed by atoms with Crippen LogP contribution in [-0.2, 0) is 6.18 Å². The van der Waals surface area contributed by atoms with E-state index in [1.807, 2.05) is 29.8 Å². The molecule has 1 atom stereocenters. The number of nitrogens with one attached hydrogen (secondary N) is 1. The number of alkyl halides is 3. The maximum Gasteiger partial charge on any atom is 0.416 e. The van der Waals surface area contributed by atoms with E-state index in [0.29, 0.717) is 17.3 Å². The summed E-state index contributed by atoms with van der Waals surface area (Å²) in [5.41, 5.74) is 1.84. The van der Waals surface area contributed by atoms with E-state index in [9.17, 15) is 13.2 Å². The summed E-state index contributed by atoms with van der Waals surface area (Å²) >= 11 is 0. The highest BCUT2D eigenvalue weighted by atomic mass is 19.4. The second-order valence-corrected chi connectivity index (χ2v) is 7.64. The first-order valence-electron chi connectivity index (χ1n) is 10.2. The third-order valence-corrected chi connectivity index (χ3v) is 5.37. The number of fused-ring (bicyclic) bond motifs is 1. The molecule has 0 saturated heterocycles. The van der Waals surface area contributed by atoms with Gasteiger partial charge >= 0.3 is 6.18 Å². The minimum absolute atomic E-state index is 0.221. The number of ether oxygens (including phenoxy) is 1. The first kappa shape index (κ1) is 21.6. The van der Waals surface area contributed by atoms with Gasteiger partial charge in [-0.05, 0) is 30.2 Å². The largest absolute Gasteiger partial charge is 0.494 e. The van der Waals surface area contributed by atoms with Crippen LogP contribution in [0.15, 0.2) is 82.5 Å². The molecule has 0 saturated carbocycles. The van der Waals surface area contributed by atoms with E-state index in [0.717, 1.165) is 23.5 Å². The van der Waals surface area contributed by atoms with E-state index in [4.69, 9.17) is 4.74 Å². The molecule has 1 unspecified atom stereocenters. The molecule has 0 aliphatic carbocycles. The third-order valence-electron chi connectivity index (χ3n) is 5.37. The fraction of sp³-hybridized carbons (Fsp3) is 0.130. The molecule has 0 spiro atoms. The fourth-order valence-corrected chi connectivity index (χ4v) is 3.75. The maximum absolute atomic E-state index is 13.3. The number of aryl methyl sites for hydroxylation is 1. The van der Waals surface area contributed by atoms with E-state index in [1.54, 1.807) is 31.8 Å². The number of anilines is 1. The number of rotatable bonds is 4. The summed E-state index contributed by atoms with van der Waals surface area (Å²) in [6.07, 6.45) is 3.63. The predicted molar refractivity (Wildman–Crippen MR) is 124 cm³/mol. The van der Waals surface area contributed by atoms with Gasteiger partial charge in [-0.15, -0.1) is 0 Å². The molecule has 1 N–H and O–H groups in total. The van der Waals surface area contributed by atoms with Crippen molar-refractivity contribution in [2.45, 2.75) is 13.1 Å². The molecule has 1 aromatic heterocycles. The van der Waals surface area contributed by atoms with Crippen molar-refractivity contribution < 1.29 is 17.9 Å². The summed E-state index contributed by atoms with van der Waals surface area (Å²) in [5.74, 6) is 1.18. The van der Waals surface area contributed by atoms with Crippen LogP contribution in [0, 0.1) is 6.92 Å². The number of halogens is 3. The molecule has 172 valence electrons. The van der Waals surface area contributed by atoms with Gasteiger partial charge in [0.2, 0.25) is 0 Å². The standard InChI is InChI=1S/C23H19F3N7O/c1-15-13-32(14-28-15)19-7-6-17(11-20(19)34-2)29-22-30-21-12-27-8-9-33(21,31-22)18-5-3-4-16(10-18)23(24,25)26/h3-14H,1-2H3,(H,29,31)/q+1. The van der Waals surface area contributed by atoms with Crippen LogP contribution in [0.1, 0.15) is 11.3 Å². The van der Waals surface area contributed by atoms with Gasteiger partial charge in [-0.2, -0.15) is 18.2 Å². The molecule has 0 bridgehead atoms. The van der Waals surface area contributed by atoms with Crippen LogP contribution in [0.3, 0.4) is 0 Å².